The summed E-state index contributed by atoms with van der Waals surface area (Å²) in [4.78, 5) is 12.5. The predicted octanol–water partition coefficient (Wildman–Crippen LogP) is 4.20. The molecule has 0 radical (unpaired) electrons. The molecule has 164 valence electrons. The Balaban J connectivity index is 1.67. The topological polar surface area (TPSA) is 78.3 Å². The highest BCUT2D eigenvalue weighted by molar-refractivity contribution is 7.99. The van der Waals surface area contributed by atoms with Crippen LogP contribution >= 0.6 is 11.8 Å². The zero-order valence-electron chi connectivity index (χ0n) is 18.3. The van der Waals surface area contributed by atoms with Crippen LogP contribution in [0.3, 0.4) is 0 Å². The van der Waals surface area contributed by atoms with Crippen LogP contribution in [0.25, 0.3) is 0 Å². The van der Waals surface area contributed by atoms with Crippen LogP contribution in [-0.2, 0) is 24.2 Å². The number of amides is 1. The summed E-state index contributed by atoms with van der Waals surface area (Å²) in [5, 5.41) is 12.4. The molecule has 0 unspecified atom stereocenters. The van der Waals surface area contributed by atoms with Crippen molar-refractivity contribution in [1.29, 1.82) is 0 Å². The summed E-state index contributed by atoms with van der Waals surface area (Å²) in [6.07, 6.45) is 1.48. The number of thioether (sulfide) groups is 1. The second kappa shape index (κ2) is 10.9. The lowest BCUT2D eigenvalue weighted by Gasteiger charge is -2.11. The molecule has 0 atom stereocenters. The van der Waals surface area contributed by atoms with E-state index in [4.69, 9.17) is 9.47 Å². The van der Waals surface area contributed by atoms with E-state index in [0.29, 0.717) is 17.9 Å². The van der Waals surface area contributed by atoms with E-state index in [-0.39, 0.29) is 11.7 Å². The fourth-order valence-electron chi connectivity index (χ4n) is 3.31. The van der Waals surface area contributed by atoms with Crippen LogP contribution in [0.1, 0.15) is 30.8 Å². The van der Waals surface area contributed by atoms with E-state index in [1.54, 1.807) is 14.2 Å². The number of rotatable bonds is 10. The minimum Gasteiger partial charge on any atom is -0.493 e. The van der Waals surface area contributed by atoms with Crippen LogP contribution in [0.15, 0.2) is 47.6 Å². The highest BCUT2D eigenvalue weighted by Crippen LogP contribution is 2.29. The third-order valence-corrected chi connectivity index (χ3v) is 5.89. The zero-order chi connectivity index (χ0) is 22.2. The standard InChI is InChI=1S/C23H28N4O3S/c1-5-17-9-7-8-10-18(17)24-22(28)15-31-23-26-25-21(27(23)6-2)14-16-11-12-19(29-3)20(13-16)30-4/h7-13H,5-6,14-15H2,1-4H3,(H,24,28). The van der Waals surface area contributed by atoms with E-state index in [2.05, 4.69) is 22.4 Å². The van der Waals surface area contributed by atoms with Crippen molar-refractivity contribution >= 4 is 23.4 Å². The highest BCUT2D eigenvalue weighted by atomic mass is 32.2. The highest BCUT2D eigenvalue weighted by Gasteiger charge is 2.15. The molecule has 0 bridgehead atoms. The number of aryl methyl sites for hydroxylation is 1. The van der Waals surface area contributed by atoms with Crippen LogP contribution in [0.4, 0.5) is 5.69 Å². The maximum atomic E-state index is 12.5. The molecule has 3 rings (SSSR count). The van der Waals surface area contributed by atoms with Crippen molar-refractivity contribution < 1.29 is 14.3 Å². The molecule has 0 aliphatic rings. The van der Waals surface area contributed by atoms with Gasteiger partial charge in [-0.25, -0.2) is 0 Å². The minimum absolute atomic E-state index is 0.0574. The summed E-state index contributed by atoms with van der Waals surface area (Å²) >= 11 is 1.39. The van der Waals surface area contributed by atoms with Gasteiger partial charge in [0.25, 0.3) is 0 Å². The summed E-state index contributed by atoms with van der Waals surface area (Å²) < 4.78 is 12.7. The predicted molar refractivity (Wildman–Crippen MR) is 123 cm³/mol. The van der Waals surface area contributed by atoms with Gasteiger partial charge < -0.3 is 19.4 Å². The maximum absolute atomic E-state index is 12.5. The van der Waals surface area contributed by atoms with Crippen molar-refractivity contribution in [2.45, 2.75) is 38.4 Å². The van der Waals surface area contributed by atoms with Gasteiger partial charge in [-0.1, -0.05) is 43.0 Å². The molecule has 2 aromatic carbocycles. The molecule has 1 aromatic heterocycles. The summed E-state index contributed by atoms with van der Waals surface area (Å²) in [5.41, 5.74) is 3.03. The molecule has 7 nitrogen and oxygen atoms in total. The Hall–Kier alpha value is -3.00. The number of nitrogens with zero attached hydrogens (tertiary/aromatic N) is 3. The van der Waals surface area contributed by atoms with Gasteiger partial charge in [0.2, 0.25) is 5.91 Å². The molecule has 0 aliphatic heterocycles. The molecule has 0 saturated carbocycles. The molecule has 8 heteroatoms. The van der Waals surface area contributed by atoms with Gasteiger partial charge in [0, 0.05) is 18.7 Å². The molecule has 0 fully saturated rings. The molecule has 31 heavy (non-hydrogen) atoms. The third kappa shape index (κ3) is 5.58. The molecule has 0 spiro atoms. The molecule has 1 N–H and O–H groups in total. The molecule has 1 heterocycles. The quantitative estimate of drug-likeness (QED) is 0.476. The van der Waals surface area contributed by atoms with E-state index in [1.807, 2.05) is 54.0 Å². The summed E-state index contributed by atoms with van der Waals surface area (Å²) in [5.74, 6) is 2.43. The van der Waals surface area contributed by atoms with E-state index < -0.39 is 0 Å². The van der Waals surface area contributed by atoms with Crippen molar-refractivity contribution in [3.05, 3.63) is 59.4 Å². The lowest BCUT2D eigenvalue weighted by Crippen LogP contribution is -2.16. The monoisotopic (exact) mass is 440 g/mol. The number of hydrogen-bond donors (Lipinski definition) is 1. The van der Waals surface area contributed by atoms with Crippen LogP contribution in [-0.4, -0.2) is 40.6 Å². The molecule has 0 saturated heterocycles. The van der Waals surface area contributed by atoms with Gasteiger partial charge in [0.1, 0.15) is 5.82 Å². The van der Waals surface area contributed by atoms with Crippen LogP contribution in [0, 0.1) is 0 Å². The molecule has 0 aliphatic carbocycles. The number of hydrogen-bond acceptors (Lipinski definition) is 6. The fraction of sp³-hybridized carbons (Fsp3) is 0.348. The van der Waals surface area contributed by atoms with Crippen LogP contribution in [0.2, 0.25) is 0 Å². The van der Waals surface area contributed by atoms with Crippen molar-refractivity contribution in [3.8, 4) is 11.5 Å². The van der Waals surface area contributed by atoms with Crippen molar-refractivity contribution in [2.75, 3.05) is 25.3 Å². The number of carbonyl (C=O) groups excluding carboxylic acids is 1. The first-order chi connectivity index (χ1) is 15.1. The van der Waals surface area contributed by atoms with Gasteiger partial charge >= 0.3 is 0 Å². The molecular formula is C23H28N4O3S. The Morgan fingerprint density at radius 1 is 1.06 bits per heavy atom. The SMILES string of the molecule is CCc1ccccc1NC(=O)CSc1nnc(Cc2ccc(OC)c(OC)c2)n1CC. The zero-order valence-corrected chi connectivity index (χ0v) is 19.2. The van der Waals surface area contributed by atoms with Crippen molar-refractivity contribution in [1.82, 2.24) is 14.8 Å². The van der Waals surface area contributed by atoms with Crippen molar-refractivity contribution in [3.63, 3.8) is 0 Å². The first-order valence-electron chi connectivity index (χ1n) is 10.2. The van der Waals surface area contributed by atoms with E-state index in [0.717, 1.165) is 40.8 Å². The summed E-state index contributed by atoms with van der Waals surface area (Å²) in [6, 6.07) is 13.7. The summed E-state index contributed by atoms with van der Waals surface area (Å²) in [7, 11) is 3.24. The lowest BCUT2D eigenvalue weighted by atomic mass is 10.1. The minimum atomic E-state index is -0.0574. The number of para-hydroxylation sites is 1. The largest absolute Gasteiger partial charge is 0.493 e. The first-order valence-corrected chi connectivity index (χ1v) is 11.2. The van der Waals surface area contributed by atoms with Gasteiger partial charge in [-0.15, -0.1) is 10.2 Å². The Morgan fingerprint density at radius 3 is 2.55 bits per heavy atom. The second-order valence-electron chi connectivity index (χ2n) is 6.86. The van der Waals surface area contributed by atoms with E-state index in [9.17, 15) is 4.79 Å². The third-order valence-electron chi connectivity index (χ3n) is 4.92. The van der Waals surface area contributed by atoms with E-state index >= 15 is 0 Å². The van der Waals surface area contributed by atoms with Gasteiger partial charge in [-0.05, 0) is 42.7 Å². The first kappa shape index (κ1) is 22.7. The number of aromatic nitrogens is 3. The van der Waals surface area contributed by atoms with Gasteiger partial charge in [0.05, 0.1) is 20.0 Å². The number of methoxy groups -OCH3 is 2. The number of nitrogens with one attached hydrogen (secondary N) is 1. The maximum Gasteiger partial charge on any atom is 0.234 e. The number of benzene rings is 2. The van der Waals surface area contributed by atoms with Crippen molar-refractivity contribution in [2.24, 2.45) is 0 Å². The Labute approximate surface area is 187 Å². The normalized spacial score (nSPS) is 10.7. The Morgan fingerprint density at radius 2 is 1.84 bits per heavy atom. The Kier molecular flexibility index (Phi) is 7.94. The van der Waals surface area contributed by atoms with Crippen LogP contribution < -0.4 is 14.8 Å². The smallest absolute Gasteiger partial charge is 0.234 e. The molecule has 1 amide bonds. The number of anilines is 1. The summed E-state index contributed by atoms with van der Waals surface area (Å²) in [6.45, 7) is 4.84. The van der Waals surface area contributed by atoms with Crippen LogP contribution in [0.5, 0.6) is 11.5 Å². The van der Waals surface area contributed by atoms with Gasteiger partial charge in [0.15, 0.2) is 16.7 Å². The van der Waals surface area contributed by atoms with E-state index in [1.165, 1.54) is 11.8 Å². The average Bonchev–Trinajstić information content (AvgIpc) is 3.19. The van der Waals surface area contributed by atoms with Gasteiger partial charge in [-0.3, -0.25) is 4.79 Å². The number of carbonyl (C=O) groups is 1. The van der Waals surface area contributed by atoms with Gasteiger partial charge in [-0.2, -0.15) is 0 Å². The lowest BCUT2D eigenvalue weighted by molar-refractivity contribution is -0.113. The Bertz CT molecular complexity index is 1040. The molecular weight excluding hydrogens is 412 g/mol. The average molecular weight is 441 g/mol. The second-order valence-corrected chi connectivity index (χ2v) is 7.80. The number of ether oxygens (including phenoxy) is 2. The fourth-order valence-corrected chi connectivity index (χ4v) is 4.14. The molecule has 3 aromatic rings.